The predicted octanol–water partition coefficient (Wildman–Crippen LogP) is 11.1. The maximum Gasteiger partial charge on any atom is 0.243 e. The van der Waals surface area contributed by atoms with Crippen molar-refractivity contribution in [3.63, 3.8) is 0 Å². The smallest absolute Gasteiger partial charge is 0.243 e. The molecule has 1 aliphatic heterocycles. The molecule has 1 heterocycles. The summed E-state index contributed by atoms with van der Waals surface area (Å²) in [6.07, 6.45) is 61.5. The van der Waals surface area contributed by atoms with Crippen molar-refractivity contribution in [2.45, 2.75) is 194 Å². The molecule has 0 bridgehead atoms. The van der Waals surface area contributed by atoms with E-state index in [9.17, 15) is 30.0 Å². The predicted molar refractivity (Wildman–Crippen MR) is 321 cm³/mol. The van der Waals surface area contributed by atoms with Gasteiger partial charge in [0.25, 0.3) is 0 Å². The summed E-state index contributed by atoms with van der Waals surface area (Å²) >= 11 is 0. The molecule has 12 nitrogen and oxygen atoms in total. The summed E-state index contributed by atoms with van der Waals surface area (Å²) in [6.45, 7) is 15.1. The molecule has 1 fully saturated rings. The molecular formula is C64H106N6O6. The number of allylic oxidation sites excluding steroid dienone is 20. The number of carbonyl (C=O) groups excluding carboxylic acids is 2. The van der Waals surface area contributed by atoms with Crippen molar-refractivity contribution >= 4 is 11.8 Å². The summed E-state index contributed by atoms with van der Waals surface area (Å²) in [5.74, 6) is -0.528. The molecule has 2 amide bonds. The van der Waals surface area contributed by atoms with Gasteiger partial charge < -0.3 is 41.7 Å². The van der Waals surface area contributed by atoms with Gasteiger partial charge in [0.05, 0.1) is 12.2 Å². The number of aliphatic hydroxyl groups is 4. The Labute approximate surface area is 462 Å². The number of rotatable bonds is 46. The molecule has 0 aromatic heterocycles. The molecule has 8 N–H and O–H groups in total. The summed E-state index contributed by atoms with van der Waals surface area (Å²) in [7, 11) is 0. The average molecular weight is 1060 g/mol. The quantitative estimate of drug-likeness (QED) is 0.0167. The summed E-state index contributed by atoms with van der Waals surface area (Å²) in [6, 6.07) is -1.26. The molecule has 8 atom stereocenters. The molecule has 0 spiro atoms. The van der Waals surface area contributed by atoms with E-state index in [0.717, 1.165) is 83.5 Å². The van der Waals surface area contributed by atoms with Gasteiger partial charge in [0, 0.05) is 38.0 Å². The number of hydrogen-bond acceptors (Lipinski definition) is 10. The maximum atomic E-state index is 13.3. The number of carbonyl (C=O) groups is 2. The topological polar surface area (TPSA) is 170 Å². The summed E-state index contributed by atoms with van der Waals surface area (Å²) in [5.41, 5.74) is 0. The first kappa shape index (κ1) is 69.2. The summed E-state index contributed by atoms with van der Waals surface area (Å²) < 4.78 is 0. The van der Waals surface area contributed by atoms with Gasteiger partial charge in [-0.15, -0.1) is 0 Å². The molecule has 1 aliphatic rings. The van der Waals surface area contributed by atoms with Crippen molar-refractivity contribution in [2.75, 3.05) is 39.3 Å². The zero-order valence-electron chi connectivity index (χ0n) is 47.9. The van der Waals surface area contributed by atoms with E-state index in [1.807, 2.05) is 30.9 Å². The van der Waals surface area contributed by atoms with E-state index in [1.54, 1.807) is 12.4 Å². The first-order chi connectivity index (χ1) is 36.9. The highest BCUT2D eigenvalue weighted by Crippen LogP contribution is 2.16. The Balaban J connectivity index is 2.82. The number of nitrogens with one attached hydrogen (secondary N) is 4. The van der Waals surface area contributed by atoms with Crippen LogP contribution in [0.2, 0.25) is 0 Å². The lowest BCUT2D eigenvalue weighted by Crippen LogP contribution is -2.61. The van der Waals surface area contributed by atoms with Gasteiger partial charge in [0.1, 0.15) is 24.5 Å². The van der Waals surface area contributed by atoms with Crippen LogP contribution in [0.1, 0.15) is 157 Å². The van der Waals surface area contributed by atoms with Crippen LogP contribution in [0, 0.1) is 11.8 Å². The zero-order chi connectivity index (χ0) is 55.7. The molecule has 0 aliphatic carbocycles. The van der Waals surface area contributed by atoms with Crippen molar-refractivity contribution in [2.24, 2.45) is 11.8 Å². The fourth-order valence-corrected chi connectivity index (χ4v) is 8.21. The molecule has 76 heavy (non-hydrogen) atoms. The second-order valence-electron chi connectivity index (χ2n) is 19.8. The lowest BCUT2D eigenvalue weighted by Gasteiger charge is -2.31. The van der Waals surface area contributed by atoms with Crippen LogP contribution in [0.5, 0.6) is 0 Å². The van der Waals surface area contributed by atoms with Crippen LogP contribution in [-0.4, -0.2) is 118 Å². The first-order valence-corrected chi connectivity index (χ1v) is 29.1. The Bertz CT molecular complexity index is 1730. The van der Waals surface area contributed by atoms with E-state index in [4.69, 9.17) is 0 Å². The third kappa shape index (κ3) is 38.7. The van der Waals surface area contributed by atoms with Crippen LogP contribution in [0.15, 0.2) is 146 Å². The van der Waals surface area contributed by atoms with E-state index >= 15 is 0 Å². The van der Waals surface area contributed by atoms with E-state index in [0.29, 0.717) is 58.3 Å². The second-order valence-corrected chi connectivity index (χ2v) is 19.8. The van der Waals surface area contributed by atoms with Crippen molar-refractivity contribution < 1.29 is 30.0 Å². The number of piperazine rings is 1. The Morgan fingerprint density at radius 2 is 0.711 bits per heavy atom. The minimum absolute atomic E-state index is 0.0741. The van der Waals surface area contributed by atoms with E-state index in [-0.39, 0.29) is 36.7 Å². The summed E-state index contributed by atoms with van der Waals surface area (Å²) in [5, 5.41) is 56.4. The Hall–Kier alpha value is -4.82. The van der Waals surface area contributed by atoms with Gasteiger partial charge in [0.15, 0.2) is 0 Å². The largest absolute Gasteiger partial charge is 0.391 e. The molecule has 0 radical (unpaired) electrons. The minimum Gasteiger partial charge on any atom is -0.391 e. The fourth-order valence-electron chi connectivity index (χ4n) is 8.21. The minimum atomic E-state index is -0.858. The molecular weight excluding hydrogens is 949 g/mol. The molecule has 0 aromatic rings. The highest BCUT2D eigenvalue weighted by atomic mass is 16.3. The average Bonchev–Trinajstić information content (AvgIpc) is 3.40. The number of unbranched alkanes of at least 4 members (excludes halogenated alkanes) is 2. The Kier molecular flexibility index (Phi) is 44.2. The number of aliphatic hydroxyl groups excluding tert-OH is 4. The normalized spacial score (nSPS) is 18.7. The Morgan fingerprint density at radius 1 is 0.421 bits per heavy atom. The molecule has 0 aromatic carbocycles. The van der Waals surface area contributed by atoms with Crippen LogP contribution in [0.4, 0.5) is 0 Å². The van der Waals surface area contributed by atoms with Gasteiger partial charge >= 0.3 is 0 Å². The standard InChI is InChI=1S/C64H106N6O6/c1-7-11-15-19-23-27-31-35-43-55(5)59(71)51-69(52-60(72)56(6)44-36-32-28-24-20-16-12-8-2)49-41-37-45-57-63(75)68-58(64(76)67-57)46-38-42-50-70(53-61(73)65-47-39-33-29-25-21-17-13-9-3)54-62(74)66-48-40-34-30-26-22-18-14-10-4/h11-18,23-30,35-36,39-40,43-44,47-48,55-62,65-66,71-74H,7-10,19-22,31-34,37-38,41-42,45-46,49-54H2,1-6H3,(H,67,76)(H,68,75)/b15-11-,16-12-,17-13-,18-14-,27-23-,28-24-,29-25-,30-26-,43-35-,44-36-,47-39-,48-40-. The highest BCUT2D eigenvalue weighted by molar-refractivity contribution is 5.96. The molecule has 0 saturated carbocycles. The number of nitrogens with zero attached hydrogens (tertiary/aromatic N) is 2. The van der Waals surface area contributed by atoms with Crippen LogP contribution in [0.25, 0.3) is 0 Å². The zero-order valence-corrected chi connectivity index (χ0v) is 47.9. The number of amides is 2. The monoisotopic (exact) mass is 1050 g/mol. The lowest BCUT2D eigenvalue weighted by atomic mass is 9.99. The van der Waals surface area contributed by atoms with Crippen LogP contribution < -0.4 is 21.3 Å². The van der Waals surface area contributed by atoms with E-state index < -0.39 is 36.7 Å². The third-order valence-electron chi connectivity index (χ3n) is 12.8. The van der Waals surface area contributed by atoms with Gasteiger partial charge in [-0.05, 0) is 141 Å². The van der Waals surface area contributed by atoms with Gasteiger partial charge in [0.2, 0.25) is 11.8 Å². The SMILES string of the molecule is CC/C=C\C/C=C\C/C=C\NC(O)CN(CCCCC1NC(=O)C(CCCCN(CC(O)C(C)/C=C\C/C=C\C/C=C\CC)CC(O)C(C)/C=C\C/C=C\C/C=C\CC)NC1=O)CC(O)N/C=C\C/C=C\C/C=C\CC. The van der Waals surface area contributed by atoms with Gasteiger partial charge in [-0.25, -0.2) is 0 Å². The third-order valence-corrected chi connectivity index (χ3v) is 12.8. The highest BCUT2D eigenvalue weighted by Gasteiger charge is 2.33. The molecule has 1 rings (SSSR count). The van der Waals surface area contributed by atoms with Crippen molar-refractivity contribution in [1.82, 2.24) is 31.1 Å². The lowest BCUT2D eigenvalue weighted by molar-refractivity contribution is -0.137. The van der Waals surface area contributed by atoms with Crippen molar-refractivity contribution in [1.29, 1.82) is 0 Å². The van der Waals surface area contributed by atoms with E-state index in [2.05, 4.69) is 175 Å². The van der Waals surface area contributed by atoms with Crippen molar-refractivity contribution in [3.05, 3.63) is 146 Å². The van der Waals surface area contributed by atoms with Crippen LogP contribution in [0.3, 0.4) is 0 Å². The van der Waals surface area contributed by atoms with Crippen molar-refractivity contribution in [3.8, 4) is 0 Å². The second kappa shape index (κ2) is 48.5. The summed E-state index contributed by atoms with van der Waals surface area (Å²) in [4.78, 5) is 30.8. The van der Waals surface area contributed by atoms with Gasteiger partial charge in [-0.1, -0.05) is 175 Å². The fraction of sp³-hybridized carbons (Fsp3) is 0.594. The molecule has 8 unspecified atom stereocenters. The maximum absolute atomic E-state index is 13.3. The Morgan fingerprint density at radius 3 is 1.04 bits per heavy atom. The van der Waals surface area contributed by atoms with E-state index in [1.165, 1.54) is 0 Å². The van der Waals surface area contributed by atoms with Crippen LogP contribution >= 0.6 is 0 Å². The number of hydrogen-bond donors (Lipinski definition) is 8. The van der Waals surface area contributed by atoms with Crippen LogP contribution in [-0.2, 0) is 9.59 Å². The first-order valence-electron chi connectivity index (χ1n) is 29.1. The van der Waals surface area contributed by atoms with Gasteiger partial charge in [-0.3, -0.25) is 19.4 Å². The molecule has 1 saturated heterocycles. The van der Waals surface area contributed by atoms with Gasteiger partial charge in [-0.2, -0.15) is 0 Å². The molecule has 12 heteroatoms. The molecule has 428 valence electrons.